The zero-order chi connectivity index (χ0) is 14.8. The molecule has 0 spiro atoms. The van der Waals surface area contributed by atoms with E-state index in [2.05, 4.69) is 19.1 Å². The third-order valence-electron chi connectivity index (χ3n) is 2.73. The number of ether oxygens (including phenoxy) is 1. The van der Waals surface area contributed by atoms with E-state index in [0.29, 0.717) is 12.2 Å². The Kier molecular flexibility index (Phi) is 7.12. The van der Waals surface area contributed by atoms with Gasteiger partial charge in [0.05, 0.1) is 0 Å². The molecule has 0 heterocycles. The van der Waals surface area contributed by atoms with Crippen LogP contribution in [-0.2, 0) is 4.79 Å². The molecule has 0 saturated heterocycles. The third kappa shape index (κ3) is 4.88. The van der Waals surface area contributed by atoms with Crippen LogP contribution in [-0.4, -0.2) is 5.97 Å². The summed E-state index contributed by atoms with van der Waals surface area (Å²) in [6, 6.07) is 13.6. The second kappa shape index (κ2) is 8.92. The van der Waals surface area contributed by atoms with Gasteiger partial charge in [0.15, 0.2) is 0 Å². The summed E-state index contributed by atoms with van der Waals surface area (Å²) in [5.41, 5.74) is 0. The van der Waals surface area contributed by atoms with Crippen molar-refractivity contribution in [1.29, 1.82) is 0 Å². The van der Waals surface area contributed by atoms with Gasteiger partial charge in [-0.2, -0.15) is 0 Å². The Labute approximate surface area is 121 Å². The molecule has 0 amide bonds. The van der Waals surface area contributed by atoms with Gasteiger partial charge in [0.2, 0.25) is 0 Å². The Bertz CT molecular complexity index is 565. The van der Waals surface area contributed by atoms with Crippen molar-refractivity contribution >= 4 is 16.7 Å². The standard InChI is InChI=1S/C13H12O2.C5H10/c1-2-13(14)15-12-9-5-7-10-6-3-4-8-11(10)12;1-3-5-4-2/h3-9H,2H2,1H3;3,5H,4H2,1-2H3/b;5-3-. The molecular weight excluding hydrogens is 248 g/mol. The highest BCUT2D eigenvalue weighted by Crippen LogP contribution is 2.25. The summed E-state index contributed by atoms with van der Waals surface area (Å²) in [6.45, 7) is 5.94. The molecule has 2 nitrogen and oxygen atoms in total. The quantitative estimate of drug-likeness (QED) is 0.439. The summed E-state index contributed by atoms with van der Waals surface area (Å²) >= 11 is 0. The lowest BCUT2D eigenvalue weighted by atomic mass is 10.1. The Morgan fingerprint density at radius 2 is 1.80 bits per heavy atom. The second-order valence-electron chi connectivity index (χ2n) is 4.28. The average molecular weight is 270 g/mol. The van der Waals surface area contributed by atoms with E-state index >= 15 is 0 Å². The molecule has 0 aliphatic rings. The molecule has 2 rings (SSSR count). The fraction of sp³-hybridized carbons (Fsp3) is 0.278. The van der Waals surface area contributed by atoms with Crippen molar-refractivity contribution in [3.63, 3.8) is 0 Å². The minimum atomic E-state index is -0.202. The highest BCUT2D eigenvalue weighted by atomic mass is 16.5. The van der Waals surface area contributed by atoms with E-state index in [4.69, 9.17) is 4.74 Å². The maximum atomic E-state index is 11.2. The molecule has 20 heavy (non-hydrogen) atoms. The molecule has 2 aromatic carbocycles. The van der Waals surface area contributed by atoms with Crippen molar-refractivity contribution in [2.24, 2.45) is 0 Å². The van der Waals surface area contributed by atoms with Crippen molar-refractivity contribution in [2.45, 2.75) is 33.6 Å². The Balaban J connectivity index is 0.000000347. The number of carbonyl (C=O) groups excluding carboxylic acids is 1. The number of allylic oxidation sites excluding steroid dienone is 2. The molecular formula is C18H22O2. The van der Waals surface area contributed by atoms with E-state index in [1.165, 1.54) is 0 Å². The summed E-state index contributed by atoms with van der Waals surface area (Å²) < 4.78 is 5.24. The Morgan fingerprint density at radius 1 is 1.10 bits per heavy atom. The summed E-state index contributed by atoms with van der Waals surface area (Å²) in [4.78, 5) is 11.2. The minimum Gasteiger partial charge on any atom is -0.426 e. The van der Waals surface area contributed by atoms with Crippen LogP contribution in [0.3, 0.4) is 0 Å². The van der Waals surface area contributed by atoms with Crippen molar-refractivity contribution in [2.75, 3.05) is 0 Å². The smallest absolute Gasteiger partial charge is 0.310 e. The van der Waals surface area contributed by atoms with Gasteiger partial charge >= 0.3 is 5.97 Å². The molecule has 0 bridgehead atoms. The fourth-order valence-corrected chi connectivity index (χ4v) is 1.72. The number of esters is 1. The molecule has 0 aliphatic carbocycles. The predicted molar refractivity (Wildman–Crippen MR) is 85.0 cm³/mol. The molecule has 0 aromatic heterocycles. The average Bonchev–Trinajstić information content (AvgIpc) is 2.49. The van der Waals surface area contributed by atoms with Crippen LogP contribution in [0.1, 0.15) is 33.6 Å². The number of fused-ring (bicyclic) bond motifs is 1. The molecule has 0 N–H and O–H groups in total. The molecule has 0 atom stereocenters. The van der Waals surface area contributed by atoms with Crippen molar-refractivity contribution < 1.29 is 9.53 Å². The molecule has 106 valence electrons. The molecule has 0 saturated carbocycles. The van der Waals surface area contributed by atoms with Gasteiger partial charge in [0.1, 0.15) is 5.75 Å². The number of rotatable bonds is 3. The van der Waals surface area contributed by atoms with Crippen molar-refractivity contribution in [3.8, 4) is 5.75 Å². The van der Waals surface area contributed by atoms with Gasteiger partial charge in [0, 0.05) is 11.8 Å². The van der Waals surface area contributed by atoms with E-state index in [1.807, 2.05) is 49.4 Å². The van der Waals surface area contributed by atoms with Gasteiger partial charge in [-0.3, -0.25) is 4.79 Å². The lowest BCUT2D eigenvalue weighted by Crippen LogP contribution is -2.05. The number of hydrogen-bond donors (Lipinski definition) is 0. The van der Waals surface area contributed by atoms with Crippen LogP contribution >= 0.6 is 0 Å². The largest absolute Gasteiger partial charge is 0.426 e. The Morgan fingerprint density at radius 3 is 2.40 bits per heavy atom. The van der Waals surface area contributed by atoms with Crippen LogP contribution in [0.15, 0.2) is 54.6 Å². The maximum absolute atomic E-state index is 11.2. The molecule has 0 fully saturated rings. The monoisotopic (exact) mass is 270 g/mol. The van der Waals surface area contributed by atoms with Crippen LogP contribution in [0.25, 0.3) is 10.8 Å². The maximum Gasteiger partial charge on any atom is 0.310 e. The highest BCUT2D eigenvalue weighted by Gasteiger charge is 2.04. The van der Waals surface area contributed by atoms with Gasteiger partial charge in [-0.05, 0) is 24.8 Å². The minimum absolute atomic E-state index is 0.202. The molecule has 0 unspecified atom stereocenters. The number of carbonyl (C=O) groups is 1. The van der Waals surface area contributed by atoms with Gasteiger partial charge in [-0.15, -0.1) is 0 Å². The number of benzene rings is 2. The molecule has 2 heteroatoms. The SMILES string of the molecule is C/C=C\CC.CCC(=O)Oc1cccc2ccccc12. The Hall–Kier alpha value is -2.09. The van der Waals surface area contributed by atoms with Gasteiger partial charge in [-0.25, -0.2) is 0 Å². The van der Waals surface area contributed by atoms with E-state index in [0.717, 1.165) is 17.2 Å². The first kappa shape index (κ1) is 16.0. The topological polar surface area (TPSA) is 26.3 Å². The molecule has 2 aromatic rings. The summed E-state index contributed by atoms with van der Waals surface area (Å²) in [5.74, 6) is 0.436. The lowest BCUT2D eigenvalue weighted by Gasteiger charge is -2.06. The van der Waals surface area contributed by atoms with Crippen LogP contribution in [0.4, 0.5) is 0 Å². The van der Waals surface area contributed by atoms with Crippen LogP contribution in [0.2, 0.25) is 0 Å². The lowest BCUT2D eigenvalue weighted by molar-refractivity contribution is -0.133. The van der Waals surface area contributed by atoms with Gasteiger partial charge in [-0.1, -0.05) is 62.4 Å². The summed E-state index contributed by atoms with van der Waals surface area (Å²) in [5, 5.41) is 2.06. The fourth-order valence-electron chi connectivity index (χ4n) is 1.72. The van der Waals surface area contributed by atoms with Crippen molar-refractivity contribution in [3.05, 3.63) is 54.6 Å². The van der Waals surface area contributed by atoms with Crippen LogP contribution < -0.4 is 4.74 Å². The summed E-state index contributed by atoms with van der Waals surface area (Å²) in [7, 11) is 0. The second-order valence-corrected chi connectivity index (χ2v) is 4.28. The van der Waals surface area contributed by atoms with Crippen molar-refractivity contribution in [1.82, 2.24) is 0 Å². The van der Waals surface area contributed by atoms with E-state index < -0.39 is 0 Å². The van der Waals surface area contributed by atoms with Crippen LogP contribution in [0.5, 0.6) is 5.75 Å². The van der Waals surface area contributed by atoms with Gasteiger partial charge in [0.25, 0.3) is 0 Å². The predicted octanol–water partition coefficient (Wildman–Crippen LogP) is 5.13. The summed E-state index contributed by atoms with van der Waals surface area (Å²) in [6.07, 6.45) is 5.74. The molecule has 0 radical (unpaired) electrons. The highest BCUT2D eigenvalue weighted by molar-refractivity contribution is 5.90. The first-order valence-corrected chi connectivity index (χ1v) is 7.02. The van der Waals surface area contributed by atoms with E-state index in [9.17, 15) is 4.79 Å². The third-order valence-corrected chi connectivity index (χ3v) is 2.73. The normalized spacial score (nSPS) is 10.2. The number of hydrogen-bond acceptors (Lipinski definition) is 2. The first-order valence-electron chi connectivity index (χ1n) is 7.02. The van der Waals surface area contributed by atoms with Crippen LogP contribution in [0, 0.1) is 0 Å². The zero-order valence-corrected chi connectivity index (χ0v) is 12.4. The van der Waals surface area contributed by atoms with E-state index in [-0.39, 0.29) is 5.97 Å². The first-order chi connectivity index (χ1) is 9.72. The molecule has 0 aliphatic heterocycles. The van der Waals surface area contributed by atoms with Gasteiger partial charge < -0.3 is 4.74 Å². The van der Waals surface area contributed by atoms with E-state index in [1.54, 1.807) is 6.92 Å². The zero-order valence-electron chi connectivity index (χ0n) is 12.4.